The van der Waals surface area contributed by atoms with E-state index in [0.29, 0.717) is 23.6 Å². The third kappa shape index (κ3) is 8.60. The van der Waals surface area contributed by atoms with E-state index in [0.717, 1.165) is 10.5 Å². The van der Waals surface area contributed by atoms with E-state index in [1.54, 1.807) is 24.3 Å². The van der Waals surface area contributed by atoms with Crippen LogP contribution in [0.4, 0.5) is 0 Å². The van der Waals surface area contributed by atoms with Crippen LogP contribution in [0.2, 0.25) is 0 Å². The summed E-state index contributed by atoms with van der Waals surface area (Å²) in [6.07, 6.45) is -3.68. The topological polar surface area (TPSA) is 165 Å². The van der Waals surface area contributed by atoms with Crippen LogP contribution >= 0.6 is 12.6 Å². The van der Waals surface area contributed by atoms with Crippen molar-refractivity contribution in [3.63, 3.8) is 0 Å². The predicted molar refractivity (Wildman–Crippen MR) is 156 cm³/mol. The van der Waals surface area contributed by atoms with Crippen molar-refractivity contribution in [3.05, 3.63) is 88.5 Å². The van der Waals surface area contributed by atoms with E-state index in [1.165, 1.54) is 17.5 Å². The van der Waals surface area contributed by atoms with Gasteiger partial charge >= 0.3 is 5.97 Å². The second-order valence-corrected chi connectivity index (χ2v) is 10.4. The number of ether oxygens (including phenoxy) is 2. The predicted octanol–water partition coefficient (Wildman–Crippen LogP) is 1.42. The van der Waals surface area contributed by atoms with Gasteiger partial charge in [0.1, 0.15) is 49.4 Å². The van der Waals surface area contributed by atoms with Crippen LogP contribution in [-0.4, -0.2) is 94.7 Å². The van der Waals surface area contributed by atoms with Crippen LogP contribution in [0.3, 0.4) is 0 Å². The van der Waals surface area contributed by atoms with Gasteiger partial charge in [-0.05, 0) is 43.0 Å². The Hall–Kier alpha value is -3.33. The summed E-state index contributed by atoms with van der Waals surface area (Å²) in [6, 6.07) is 20.3. The molecule has 224 valence electrons. The molecule has 2 unspecified atom stereocenters. The number of hydrogen-bond acceptors (Lipinski definition) is 12. The maximum Gasteiger partial charge on any atom is 0.339 e. The zero-order valence-electron chi connectivity index (χ0n) is 22.9. The van der Waals surface area contributed by atoms with Gasteiger partial charge in [0, 0.05) is 23.6 Å². The van der Waals surface area contributed by atoms with Crippen LogP contribution in [0, 0.1) is 0 Å². The molecule has 42 heavy (non-hydrogen) atoms. The van der Waals surface area contributed by atoms with Gasteiger partial charge in [0.15, 0.2) is 5.78 Å². The number of ketones is 1. The lowest BCUT2D eigenvalue weighted by Gasteiger charge is -2.25. The first-order valence-electron chi connectivity index (χ1n) is 13.2. The lowest BCUT2D eigenvalue weighted by Crippen LogP contribution is -2.47. The molecule has 1 aliphatic heterocycles. The molecule has 0 saturated carbocycles. The molecule has 1 aliphatic rings. The Morgan fingerprint density at radius 3 is 2.48 bits per heavy atom. The number of benzene rings is 2. The molecule has 5 atom stereocenters. The SMILES string of the molecule is CN(COC(=O)c1ccc(-c2ccc(/C=C(\S)C3OC3NCc3ccccc3)o2)cc1)C[C@H](O)[C@@H](O)[C@H](O)C(=O)CO. The quantitative estimate of drug-likeness (QED) is 0.0649. The average molecular weight is 599 g/mol. The molecule has 1 fully saturated rings. The fourth-order valence-corrected chi connectivity index (χ4v) is 4.44. The van der Waals surface area contributed by atoms with Crippen molar-refractivity contribution in [1.29, 1.82) is 0 Å². The molecule has 0 amide bonds. The Bertz CT molecular complexity index is 1360. The number of nitrogens with zero attached hydrogens (tertiary/aromatic N) is 1. The molecule has 1 saturated heterocycles. The summed E-state index contributed by atoms with van der Waals surface area (Å²) in [5, 5.41) is 41.6. The van der Waals surface area contributed by atoms with Gasteiger partial charge in [0.2, 0.25) is 0 Å². The van der Waals surface area contributed by atoms with Crippen molar-refractivity contribution in [2.75, 3.05) is 26.9 Å². The number of thiol groups is 1. The molecule has 0 spiro atoms. The highest BCUT2D eigenvalue weighted by molar-refractivity contribution is 7.84. The first kappa shape index (κ1) is 31.6. The number of aliphatic hydroxyl groups excluding tert-OH is 4. The maximum absolute atomic E-state index is 12.5. The number of furan rings is 1. The van der Waals surface area contributed by atoms with Gasteiger partial charge in [-0.2, -0.15) is 0 Å². The van der Waals surface area contributed by atoms with Crippen molar-refractivity contribution in [2.45, 2.75) is 37.2 Å². The average Bonchev–Trinajstić information content (AvgIpc) is 3.66. The molecule has 4 rings (SSSR count). The Kier molecular flexibility index (Phi) is 11.1. The number of epoxide rings is 1. The minimum Gasteiger partial charge on any atom is -0.457 e. The van der Waals surface area contributed by atoms with Gasteiger partial charge in [-0.15, -0.1) is 12.6 Å². The van der Waals surface area contributed by atoms with Gasteiger partial charge in [0.25, 0.3) is 0 Å². The van der Waals surface area contributed by atoms with Crippen molar-refractivity contribution < 1.29 is 43.9 Å². The van der Waals surface area contributed by atoms with Gasteiger partial charge in [0.05, 0.1) is 11.7 Å². The molecule has 2 heterocycles. The number of carbonyl (C=O) groups is 2. The van der Waals surface area contributed by atoms with Crippen molar-refractivity contribution in [2.24, 2.45) is 0 Å². The summed E-state index contributed by atoms with van der Waals surface area (Å²) in [6.45, 7) is -0.691. The van der Waals surface area contributed by atoms with Gasteiger partial charge in [-0.3, -0.25) is 15.0 Å². The lowest BCUT2D eigenvalue weighted by molar-refractivity contribution is -0.142. The van der Waals surface area contributed by atoms with E-state index in [9.17, 15) is 24.9 Å². The molecule has 12 heteroatoms. The second kappa shape index (κ2) is 14.7. The highest BCUT2D eigenvalue weighted by Crippen LogP contribution is 2.32. The van der Waals surface area contributed by atoms with E-state index in [1.807, 2.05) is 48.5 Å². The van der Waals surface area contributed by atoms with Crippen LogP contribution in [-0.2, 0) is 20.8 Å². The van der Waals surface area contributed by atoms with Crippen LogP contribution in [0.1, 0.15) is 21.7 Å². The van der Waals surface area contributed by atoms with E-state index < -0.39 is 36.7 Å². The molecule has 5 N–H and O–H groups in total. The van der Waals surface area contributed by atoms with Gasteiger partial charge < -0.3 is 34.3 Å². The smallest absolute Gasteiger partial charge is 0.339 e. The molecule has 0 bridgehead atoms. The summed E-state index contributed by atoms with van der Waals surface area (Å²) >= 11 is 4.58. The second-order valence-electron chi connectivity index (χ2n) is 9.92. The first-order valence-corrected chi connectivity index (χ1v) is 13.7. The Balaban J connectivity index is 1.24. The molecular formula is C30H34N2O9S. The minimum absolute atomic E-state index is 0.109. The monoisotopic (exact) mass is 598 g/mol. The molecule has 0 radical (unpaired) electrons. The van der Waals surface area contributed by atoms with E-state index in [-0.39, 0.29) is 25.6 Å². The molecule has 11 nitrogen and oxygen atoms in total. The normalized spacial score (nSPS) is 18.9. The summed E-state index contributed by atoms with van der Waals surface area (Å²) in [5.74, 6) is -0.408. The highest BCUT2D eigenvalue weighted by atomic mass is 32.1. The van der Waals surface area contributed by atoms with E-state index >= 15 is 0 Å². The Morgan fingerprint density at radius 2 is 1.79 bits per heavy atom. The maximum atomic E-state index is 12.5. The Morgan fingerprint density at radius 1 is 1.07 bits per heavy atom. The number of hydrogen-bond donors (Lipinski definition) is 6. The fourth-order valence-electron chi connectivity index (χ4n) is 4.12. The highest BCUT2D eigenvalue weighted by Gasteiger charge is 2.40. The fraction of sp³-hybridized carbons (Fsp3) is 0.333. The van der Waals surface area contributed by atoms with Crippen molar-refractivity contribution in [1.82, 2.24) is 10.2 Å². The molecule has 2 aromatic carbocycles. The van der Waals surface area contributed by atoms with Gasteiger partial charge in [-0.25, -0.2) is 4.79 Å². The largest absolute Gasteiger partial charge is 0.457 e. The summed E-state index contributed by atoms with van der Waals surface area (Å²) in [7, 11) is 1.52. The number of likely N-dealkylation sites (N-methyl/N-ethyl adjacent to an activating group) is 1. The van der Waals surface area contributed by atoms with Crippen LogP contribution in [0.5, 0.6) is 0 Å². The zero-order valence-corrected chi connectivity index (χ0v) is 23.8. The van der Waals surface area contributed by atoms with E-state index in [4.69, 9.17) is 19.0 Å². The van der Waals surface area contributed by atoms with Crippen molar-refractivity contribution in [3.8, 4) is 11.3 Å². The third-order valence-corrected chi connectivity index (χ3v) is 6.96. The minimum atomic E-state index is -1.92. The number of Topliss-reactive ketones (excluding diaryl/α,β-unsaturated/α-hetero) is 1. The summed E-state index contributed by atoms with van der Waals surface area (Å²) < 4.78 is 16.9. The molecular weight excluding hydrogens is 564 g/mol. The number of carbonyl (C=O) groups excluding carboxylic acids is 2. The van der Waals surface area contributed by atoms with Crippen molar-refractivity contribution >= 4 is 30.5 Å². The first-order chi connectivity index (χ1) is 20.2. The Labute approximate surface area is 248 Å². The molecule has 1 aromatic heterocycles. The lowest BCUT2D eigenvalue weighted by atomic mass is 10.0. The van der Waals surface area contributed by atoms with Crippen LogP contribution in [0.25, 0.3) is 17.4 Å². The number of rotatable bonds is 15. The standard InChI is InChI=1S/C30H34N2O9S/c1-32(15-22(34)26(36)27(37)23(35)16-33)17-39-30(38)20-9-7-19(8-10-20)24-12-11-21(40-24)13-25(42)28-29(41-28)31-14-18-5-3-2-4-6-18/h2-13,22,26-29,31,33-34,36-37,42H,14-17H2,1H3/b25-13-/t22-,26+,27+,28?,29?/m0/s1. The third-order valence-electron chi connectivity index (χ3n) is 6.57. The summed E-state index contributed by atoms with van der Waals surface area (Å²) in [5.41, 5.74) is 2.21. The number of esters is 1. The van der Waals surface area contributed by atoms with E-state index in [2.05, 4.69) is 17.9 Å². The molecule has 0 aliphatic carbocycles. The zero-order chi connectivity index (χ0) is 30.2. The van der Waals surface area contributed by atoms with Gasteiger partial charge in [-0.1, -0.05) is 42.5 Å². The number of aliphatic hydroxyl groups is 4. The van der Waals surface area contributed by atoms with Crippen LogP contribution < -0.4 is 5.32 Å². The van der Waals surface area contributed by atoms with Crippen LogP contribution in [0.15, 0.2) is 76.1 Å². The molecule has 3 aromatic rings. The summed E-state index contributed by atoms with van der Waals surface area (Å²) in [4.78, 5) is 25.9. The number of nitrogens with one attached hydrogen (secondary N) is 1.